The standard InChI is InChI=1S/C12H16FNO2/c1-9(15)14-8-12(2,16-3)10-6-4-5-7-11(10)13/h4-7H,8H2,1-3H3,(H,14,15)/t12-/m1/s1. The van der Waals surface area contributed by atoms with Crippen LogP contribution in [0.1, 0.15) is 19.4 Å². The summed E-state index contributed by atoms with van der Waals surface area (Å²) in [6, 6.07) is 6.39. The van der Waals surface area contributed by atoms with Crippen molar-refractivity contribution in [2.24, 2.45) is 0 Å². The normalized spacial score (nSPS) is 14.2. The first-order chi connectivity index (χ1) is 7.49. The quantitative estimate of drug-likeness (QED) is 0.848. The van der Waals surface area contributed by atoms with Crippen LogP contribution in [0.4, 0.5) is 4.39 Å². The zero-order valence-corrected chi connectivity index (χ0v) is 9.71. The highest BCUT2D eigenvalue weighted by Crippen LogP contribution is 2.26. The number of halogens is 1. The maximum atomic E-state index is 13.6. The van der Waals surface area contributed by atoms with Gasteiger partial charge in [0.05, 0.1) is 6.54 Å². The molecule has 0 aromatic heterocycles. The lowest BCUT2D eigenvalue weighted by Gasteiger charge is -2.29. The summed E-state index contributed by atoms with van der Waals surface area (Å²) >= 11 is 0. The van der Waals surface area contributed by atoms with Crippen LogP contribution in [-0.2, 0) is 15.1 Å². The van der Waals surface area contributed by atoms with Crippen LogP contribution in [0.25, 0.3) is 0 Å². The van der Waals surface area contributed by atoms with Crippen molar-refractivity contribution >= 4 is 5.91 Å². The lowest BCUT2D eigenvalue weighted by atomic mass is 9.95. The van der Waals surface area contributed by atoms with Crippen molar-refractivity contribution in [3.63, 3.8) is 0 Å². The molecule has 0 spiro atoms. The molecule has 0 aliphatic carbocycles. The van der Waals surface area contributed by atoms with Gasteiger partial charge in [-0.3, -0.25) is 4.79 Å². The summed E-state index contributed by atoms with van der Waals surface area (Å²) in [6.45, 7) is 3.39. The van der Waals surface area contributed by atoms with Crippen LogP contribution in [0.3, 0.4) is 0 Å². The van der Waals surface area contributed by atoms with Crippen LogP contribution >= 0.6 is 0 Å². The van der Waals surface area contributed by atoms with E-state index in [0.717, 1.165) is 0 Å². The second-order valence-corrected chi connectivity index (χ2v) is 3.82. The average molecular weight is 225 g/mol. The summed E-state index contributed by atoms with van der Waals surface area (Å²) in [7, 11) is 1.49. The molecule has 0 bridgehead atoms. The van der Waals surface area contributed by atoms with Crippen molar-refractivity contribution < 1.29 is 13.9 Å². The first-order valence-electron chi connectivity index (χ1n) is 5.04. The second kappa shape index (κ2) is 5.07. The van der Waals surface area contributed by atoms with Gasteiger partial charge in [0.25, 0.3) is 0 Å². The molecule has 4 heteroatoms. The van der Waals surface area contributed by atoms with Gasteiger partial charge in [-0.25, -0.2) is 4.39 Å². The highest BCUT2D eigenvalue weighted by molar-refractivity contribution is 5.72. The Balaban J connectivity index is 2.95. The van der Waals surface area contributed by atoms with E-state index in [1.165, 1.54) is 20.1 Å². The van der Waals surface area contributed by atoms with Crippen LogP contribution in [-0.4, -0.2) is 19.6 Å². The average Bonchev–Trinajstić information content (AvgIpc) is 2.26. The molecule has 1 aromatic carbocycles. The molecule has 0 aliphatic rings. The van der Waals surface area contributed by atoms with E-state index in [9.17, 15) is 9.18 Å². The lowest BCUT2D eigenvalue weighted by molar-refractivity contribution is -0.120. The van der Waals surface area contributed by atoms with Gasteiger partial charge < -0.3 is 10.1 Å². The minimum Gasteiger partial charge on any atom is -0.372 e. The van der Waals surface area contributed by atoms with Crippen molar-refractivity contribution in [3.8, 4) is 0 Å². The Morgan fingerprint density at radius 1 is 1.50 bits per heavy atom. The van der Waals surface area contributed by atoms with Crippen molar-refractivity contribution in [1.82, 2.24) is 5.32 Å². The Labute approximate surface area is 94.6 Å². The Morgan fingerprint density at radius 2 is 2.12 bits per heavy atom. The fourth-order valence-electron chi connectivity index (χ4n) is 1.46. The number of hydrogen-bond acceptors (Lipinski definition) is 2. The number of carbonyl (C=O) groups excluding carboxylic acids is 1. The third-order valence-electron chi connectivity index (χ3n) is 2.57. The van der Waals surface area contributed by atoms with Gasteiger partial charge in [-0.15, -0.1) is 0 Å². The SMILES string of the molecule is CO[C@](C)(CNC(C)=O)c1ccccc1F. The molecule has 0 unspecified atom stereocenters. The van der Waals surface area contributed by atoms with Gasteiger partial charge in [0, 0.05) is 19.6 Å². The van der Waals surface area contributed by atoms with Crippen LogP contribution in [0.5, 0.6) is 0 Å². The zero-order chi connectivity index (χ0) is 12.2. The van der Waals surface area contributed by atoms with Gasteiger partial charge in [-0.05, 0) is 13.0 Å². The van der Waals surface area contributed by atoms with Gasteiger partial charge in [0.1, 0.15) is 11.4 Å². The molecule has 0 fully saturated rings. The summed E-state index contributed by atoms with van der Waals surface area (Å²) in [6.07, 6.45) is 0. The van der Waals surface area contributed by atoms with Crippen molar-refractivity contribution in [2.75, 3.05) is 13.7 Å². The van der Waals surface area contributed by atoms with Crippen LogP contribution in [0.2, 0.25) is 0 Å². The zero-order valence-electron chi connectivity index (χ0n) is 9.71. The summed E-state index contributed by atoms with van der Waals surface area (Å²) < 4.78 is 18.9. The fraction of sp³-hybridized carbons (Fsp3) is 0.417. The van der Waals surface area contributed by atoms with E-state index in [1.54, 1.807) is 25.1 Å². The summed E-state index contributed by atoms with van der Waals surface area (Å²) in [5, 5.41) is 2.63. The first kappa shape index (κ1) is 12.6. The number of carbonyl (C=O) groups is 1. The molecule has 3 nitrogen and oxygen atoms in total. The molecule has 1 N–H and O–H groups in total. The largest absolute Gasteiger partial charge is 0.372 e. The van der Waals surface area contributed by atoms with E-state index in [1.807, 2.05) is 0 Å². The monoisotopic (exact) mass is 225 g/mol. The van der Waals surface area contributed by atoms with Gasteiger partial charge in [0.2, 0.25) is 5.91 Å². The molecule has 0 saturated carbocycles. The molecule has 0 saturated heterocycles. The summed E-state index contributed by atoms with van der Waals surface area (Å²) in [4.78, 5) is 10.9. The lowest BCUT2D eigenvalue weighted by Crippen LogP contribution is -2.39. The molecule has 0 radical (unpaired) electrons. The van der Waals surface area contributed by atoms with Gasteiger partial charge in [-0.1, -0.05) is 18.2 Å². The molecule has 1 atom stereocenters. The van der Waals surface area contributed by atoms with Crippen LogP contribution in [0, 0.1) is 5.82 Å². The number of nitrogens with one attached hydrogen (secondary N) is 1. The Hall–Kier alpha value is -1.42. The highest BCUT2D eigenvalue weighted by atomic mass is 19.1. The van der Waals surface area contributed by atoms with E-state index in [0.29, 0.717) is 5.56 Å². The smallest absolute Gasteiger partial charge is 0.216 e. The Morgan fingerprint density at radius 3 is 2.62 bits per heavy atom. The number of hydrogen-bond donors (Lipinski definition) is 1. The van der Waals surface area contributed by atoms with E-state index in [4.69, 9.17) is 4.74 Å². The summed E-state index contributed by atoms with van der Waals surface area (Å²) in [5.41, 5.74) is -0.414. The molecule has 0 heterocycles. The predicted molar refractivity (Wildman–Crippen MR) is 59.4 cm³/mol. The second-order valence-electron chi connectivity index (χ2n) is 3.82. The van der Waals surface area contributed by atoms with Crippen LogP contribution in [0.15, 0.2) is 24.3 Å². The first-order valence-corrected chi connectivity index (χ1v) is 5.04. The maximum Gasteiger partial charge on any atom is 0.216 e. The van der Waals surface area contributed by atoms with E-state index in [2.05, 4.69) is 5.32 Å². The van der Waals surface area contributed by atoms with Crippen LogP contribution < -0.4 is 5.32 Å². The molecular formula is C12H16FNO2. The highest BCUT2D eigenvalue weighted by Gasteiger charge is 2.29. The van der Waals surface area contributed by atoms with Crippen molar-refractivity contribution in [1.29, 1.82) is 0 Å². The Kier molecular flexibility index (Phi) is 4.01. The molecule has 1 rings (SSSR count). The minimum atomic E-state index is -0.850. The predicted octanol–water partition coefficient (Wildman–Crippen LogP) is 1.82. The Bertz CT molecular complexity index is 381. The van der Waals surface area contributed by atoms with E-state index in [-0.39, 0.29) is 18.3 Å². The van der Waals surface area contributed by atoms with Crippen molar-refractivity contribution in [3.05, 3.63) is 35.6 Å². The third kappa shape index (κ3) is 2.79. The molecule has 1 amide bonds. The van der Waals surface area contributed by atoms with Gasteiger partial charge >= 0.3 is 0 Å². The van der Waals surface area contributed by atoms with Crippen molar-refractivity contribution in [2.45, 2.75) is 19.4 Å². The van der Waals surface area contributed by atoms with Gasteiger partial charge in [-0.2, -0.15) is 0 Å². The van der Waals surface area contributed by atoms with Gasteiger partial charge in [0.15, 0.2) is 0 Å². The molecule has 88 valence electrons. The third-order valence-corrected chi connectivity index (χ3v) is 2.57. The number of rotatable bonds is 4. The molecule has 0 aliphatic heterocycles. The number of benzene rings is 1. The molecule has 16 heavy (non-hydrogen) atoms. The fourth-order valence-corrected chi connectivity index (χ4v) is 1.46. The minimum absolute atomic E-state index is 0.167. The van der Waals surface area contributed by atoms with E-state index >= 15 is 0 Å². The maximum absolute atomic E-state index is 13.6. The summed E-state index contributed by atoms with van der Waals surface area (Å²) in [5.74, 6) is -0.503. The molecular weight excluding hydrogens is 209 g/mol. The van der Waals surface area contributed by atoms with E-state index < -0.39 is 5.60 Å². The number of methoxy groups -OCH3 is 1. The number of amides is 1. The topological polar surface area (TPSA) is 38.3 Å². The number of ether oxygens (including phenoxy) is 1. The molecule has 1 aromatic rings.